The number of piperidine rings is 1. The van der Waals surface area contributed by atoms with Crippen molar-refractivity contribution in [1.82, 2.24) is 20.1 Å². The van der Waals surface area contributed by atoms with Crippen LogP contribution < -0.4 is 5.32 Å². The lowest BCUT2D eigenvalue weighted by Crippen LogP contribution is -2.48. The van der Waals surface area contributed by atoms with E-state index in [2.05, 4.69) is 15.1 Å². The van der Waals surface area contributed by atoms with Crippen LogP contribution in [0.15, 0.2) is 66.7 Å². The highest BCUT2D eigenvalue weighted by Crippen LogP contribution is 2.46. The molecule has 1 amide bonds. The molecule has 3 heterocycles. The van der Waals surface area contributed by atoms with E-state index in [1.807, 2.05) is 30.3 Å². The monoisotopic (exact) mass is 682 g/mol. The highest BCUT2D eigenvalue weighted by atomic mass is 35.5. The largest absolute Gasteiger partial charge is 0.416 e. The van der Waals surface area contributed by atoms with Crippen LogP contribution >= 0.6 is 23.2 Å². The van der Waals surface area contributed by atoms with Crippen LogP contribution in [0, 0.1) is 0 Å². The normalized spacial score (nSPS) is 19.2. The van der Waals surface area contributed by atoms with Gasteiger partial charge in [0.2, 0.25) is 0 Å². The lowest BCUT2D eigenvalue weighted by molar-refractivity contribution is -0.137. The van der Waals surface area contributed by atoms with Gasteiger partial charge < -0.3 is 10.1 Å². The molecule has 7 rings (SSSR count). The van der Waals surface area contributed by atoms with Gasteiger partial charge in [0.05, 0.1) is 46.1 Å². The quantitative estimate of drug-likeness (QED) is 0.215. The third-order valence-corrected chi connectivity index (χ3v) is 10.2. The number of nitrogens with zero attached hydrogens (tertiary/aromatic N) is 3. The van der Waals surface area contributed by atoms with E-state index in [9.17, 15) is 18.0 Å². The molecule has 1 aromatic heterocycles. The van der Waals surface area contributed by atoms with Gasteiger partial charge in [-0.15, -0.1) is 0 Å². The number of pyridine rings is 1. The van der Waals surface area contributed by atoms with Gasteiger partial charge in [0.1, 0.15) is 0 Å². The van der Waals surface area contributed by atoms with Crippen molar-refractivity contribution in [3.05, 3.63) is 99.0 Å². The Hall–Kier alpha value is -3.21. The topological polar surface area (TPSA) is 57.7 Å². The van der Waals surface area contributed by atoms with Gasteiger partial charge in [-0.25, -0.2) is 4.98 Å². The Morgan fingerprint density at radius 1 is 0.957 bits per heavy atom. The summed E-state index contributed by atoms with van der Waals surface area (Å²) in [7, 11) is 0. The fourth-order valence-electron chi connectivity index (χ4n) is 7.08. The molecule has 1 saturated carbocycles. The van der Waals surface area contributed by atoms with Crippen LogP contribution in [0.25, 0.3) is 22.2 Å². The number of nitrogens with one attached hydrogen (secondary N) is 1. The van der Waals surface area contributed by atoms with Gasteiger partial charge in [-0.05, 0) is 68.6 Å². The molecule has 2 aliphatic heterocycles. The van der Waals surface area contributed by atoms with Crippen molar-refractivity contribution in [2.24, 2.45) is 0 Å². The second-order valence-electron chi connectivity index (χ2n) is 12.7. The van der Waals surface area contributed by atoms with Gasteiger partial charge in [-0.1, -0.05) is 65.7 Å². The van der Waals surface area contributed by atoms with Crippen molar-refractivity contribution >= 4 is 40.0 Å². The number of rotatable bonds is 7. The standard InChI is InChI=1S/C36H35Cl2F3N4O2/c37-26-20-28-31(34(46)43-35(11-12-35)24-6-2-1-3-7-24)29(22-44-13-9-27(10-14-44)45-15-17-47-18-16-45)32(42-33(28)30(38)21-26)23-5-4-8-25(19-23)36(39,40)41/h1-8,19-21,27H,9-18,22H2,(H,43,46). The van der Waals surface area contributed by atoms with E-state index in [0.29, 0.717) is 45.3 Å². The number of benzene rings is 3. The summed E-state index contributed by atoms with van der Waals surface area (Å²) in [6, 6.07) is 18.6. The fourth-order valence-corrected chi connectivity index (χ4v) is 7.62. The number of hydrogen-bond acceptors (Lipinski definition) is 5. The molecule has 6 nitrogen and oxygen atoms in total. The number of aromatic nitrogens is 1. The van der Waals surface area contributed by atoms with E-state index in [0.717, 1.165) is 82.8 Å². The van der Waals surface area contributed by atoms with Gasteiger partial charge in [-0.3, -0.25) is 14.6 Å². The Morgan fingerprint density at radius 2 is 1.68 bits per heavy atom. The van der Waals surface area contributed by atoms with E-state index < -0.39 is 17.3 Å². The Balaban J connectivity index is 1.34. The van der Waals surface area contributed by atoms with Crippen LogP contribution in [0.2, 0.25) is 10.0 Å². The van der Waals surface area contributed by atoms with Gasteiger partial charge in [0.25, 0.3) is 5.91 Å². The number of carbonyl (C=O) groups excluding carboxylic acids is 1. The number of ether oxygens (including phenoxy) is 1. The molecule has 0 unspecified atom stereocenters. The minimum Gasteiger partial charge on any atom is -0.379 e. The summed E-state index contributed by atoms with van der Waals surface area (Å²) < 4.78 is 47.3. The zero-order valence-electron chi connectivity index (χ0n) is 25.8. The molecule has 4 aromatic rings. The first-order valence-electron chi connectivity index (χ1n) is 16.0. The predicted molar refractivity (Wildman–Crippen MR) is 178 cm³/mol. The highest BCUT2D eigenvalue weighted by Gasteiger charge is 2.46. The van der Waals surface area contributed by atoms with Gasteiger partial charge in [-0.2, -0.15) is 13.2 Å². The summed E-state index contributed by atoms with van der Waals surface area (Å²) >= 11 is 13.2. The summed E-state index contributed by atoms with van der Waals surface area (Å²) in [6.45, 7) is 5.16. The lowest BCUT2D eigenvalue weighted by atomic mass is 9.93. The molecule has 246 valence electrons. The number of hydrogen-bond donors (Lipinski definition) is 1. The summed E-state index contributed by atoms with van der Waals surface area (Å²) in [5.74, 6) is -0.330. The van der Waals surface area contributed by atoms with E-state index in [1.165, 1.54) is 6.07 Å². The van der Waals surface area contributed by atoms with E-state index in [-0.39, 0.29) is 16.5 Å². The molecule has 0 bridgehead atoms. The first kappa shape index (κ1) is 32.3. The van der Waals surface area contributed by atoms with E-state index >= 15 is 0 Å². The van der Waals surface area contributed by atoms with Crippen molar-refractivity contribution in [2.75, 3.05) is 39.4 Å². The Kier molecular flexibility index (Phi) is 8.95. The fraction of sp³-hybridized carbons (Fsp3) is 0.389. The Labute approximate surface area is 281 Å². The van der Waals surface area contributed by atoms with Crippen molar-refractivity contribution in [2.45, 2.75) is 50.0 Å². The lowest BCUT2D eigenvalue weighted by Gasteiger charge is -2.40. The Morgan fingerprint density at radius 3 is 2.36 bits per heavy atom. The molecule has 11 heteroatoms. The third kappa shape index (κ3) is 6.74. The van der Waals surface area contributed by atoms with Gasteiger partial charge >= 0.3 is 6.18 Å². The number of amides is 1. The molecule has 0 spiro atoms. The summed E-state index contributed by atoms with van der Waals surface area (Å²) in [5.41, 5.74) is 1.47. The number of carbonyl (C=O) groups is 1. The average molecular weight is 684 g/mol. The molecule has 0 atom stereocenters. The van der Waals surface area contributed by atoms with Crippen LogP contribution in [0.5, 0.6) is 0 Å². The van der Waals surface area contributed by atoms with Crippen molar-refractivity contribution in [3.8, 4) is 11.3 Å². The molecule has 2 saturated heterocycles. The smallest absolute Gasteiger partial charge is 0.379 e. The van der Waals surface area contributed by atoms with E-state index in [1.54, 1.807) is 18.2 Å². The highest BCUT2D eigenvalue weighted by molar-refractivity contribution is 6.39. The van der Waals surface area contributed by atoms with Crippen molar-refractivity contribution in [3.63, 3.8) is 0 Å². The van der Waals surface area contributed by atoms with Crippen molar-refractivity contribution < 1.29 is 22.7 Å². The molecule has 3 fully saturated rings. The second-order valence-corrected chi connectivity index (χ2v) is 13.6. The average Bonchev–Trinajstić information content (AvgIpc) is 3.85. The first-order chi connectivity index (χ1) is 22.6. The van der Waals surface area contributed by atoms with Crippen molar-refractivity contribution in [1.29, 1.82) is 0 Å². The SMILES string of the molecule is O=C(NC1(c2ccccc2)CC1)c1c(CN2CCC(N3CCOCC3)CC2)c(-c2cccc(C(F)(F)F)c2)nc2c(Cl)cc(Cl)cc12. The summed E-state index contributed by atoms with van der Waals surface area (Å²) in [4.78, 5) is 24.2. The number of halogens is 5. The molecule has 1 N–H and O–H groups in total. The molecule has 0 radical (unpaired) electrons. The predicted octanol–water partition coefficient (Wildman–Crippen LogP) is 7.94. The van der Waals surface area contributed by atoms with Crippen LogP contribution in [-0.4, -0.2) is 66.1 Å². The summed E-state index contributed by atoms with van der Waals surface area (Å²) in [6.07, 6.45) is -1.11. The van der Waals surface area contributed by atoms with Crippen LogP contribution in [0.1, 0.15) is 52.7 Å². The molecule has 3 aromatic carbocycles. The molecule has 3 aliphatic rings. The van der Waals surface area contributed by atoms with Gasteiger partial charge in [0, 0.05) is 47.2 Å². The second kappa shape index (κ2) is 13.0. The third-order valence-electron chi connectivity index (χ3n) is 9.73. The molecule has 1 aliphatic carbocycles. The van der Waals surface area contributed by atoms with Crippen LogP contribution in [-0.2, 0) is 23.0 Å². The molecule has 47 heavy (non-hydrogen) atoms. The number of fused-ring (bicyclic) bond motifs is 1. The minimum absolute atomic E-state index is 0.219. The molecular formula is C36H35Cl2F3N4O2. The van der Waals surface area contributed by atoms with Gasteiger partial charge in [0.15, 0.2) is 0 Å². The Bertz CT molecular complexity index is 1790. The number of likely N-dealkylation sites (tertiary alicyclic amines) is 1. The number of morpholine rings is 1. The molecular weight excluding hydrogens is 648 g/mol. The van der Waals surface area contributed by atoms with Crippen LogP contribution in [0.4, 0.5) is 13.2 Å². The zero-order valence-corrected chi connectivity index (χ0v) is 27.3. The maximum absolute atomic E-state index is 14.6. The maximum atomic E-state index is 14.6. The zero-order chi connectivity index (χ0) is 32.8. The summed E-state index contributed by atoms with van der Waals surface area (Å²) in [5, 5.41) is 4.33. The maximum Gasteiger partial charge on any atom is 0.416 e. The van der Waals surface area contributed by atoms with Crippen LogP contribution in [0.3, 0.4) is 0 Å². The minimum atomic E-state index is -4.55. The van der Waals surface area contributed by atoms with E-state index in [4.69, 9.17) is 32.9 Å². The first-order valence-corrected chi connectivity index (χ1v) is 16.8. The number of alkyl halides is 3.